The van der Waals surface area contributed by atoms with Crippen LogP contribution in [0.15, 0.2) is 59.4 Å². The maximum absolute atomic E-state index is 14.7. The fourth-order valence-electron chi connectivity index (χ4n) is 3.90. The second kappa shape index (κ2) is 9.53. The molecule has 7 nitrogen and oxygen atoms in total. The van der Waals surface area contributed by atoms with E-state index in [0.29, 0.717) is 28.3 Å². The van der Waals surface area contributed by atoms with Crippen LogP contribution in [0.4, 0.5) is 15.9 Å². The normalized spacial score (nSPS) is 11.5. The van der Waals surface area contributed by atoms with Crippen molar-refractivity contribution in [3.05, 3.63) is 93.2 Å². The maximum atomic E-state index is 14.7. The third-order valence-corrected chi connectivity index (χ3v) is 6.21. The fraction of sp³-hybridized carbons (Fsp3) is 0.286. The van der Waals surface area contributed by atoms with E-state index < -0.39 is 5.82 Å². The van der Waals surface area contributed by atoms with Crippen LogP contribution in [0.1, 0.15) is 48.0 Å². The lowest BCUT2D eigenvalue weighted by atomic mass is 9.86. The molecule has 0 atom stereocenters. The predicted octanol–water partition coefficient (Wildman–Crippen LogP) is 5.09. The zero-order chi connectivity index (χ0) is 26.2. The second-order valence-electron chi connectivity index (χ2n) is 10.0. The number of nitrogens with one attached hydrogen (secondary N) is 1. The van der Waals surface area contributed by atoms with Crippen LogP contribution >= 0.6 is 0 Å². The molecule has 36 heavy (non-hydrogen) atoms. The number of carbonyl (C=O) groups excluding carboxylic acids is 1. The highest BCUT2D eigenvalue weighted by Crippen LogP contribution is 2.25. The number of hydrogen-bond acceptors (Lipinski definition) is 5. The number of rotatable bonds is 6. The van der Waals surface area contributed by atoms with Crippen LogP contribution in [0.25, 0.3) is 11.3 Å². The first-order valence-electron chi connectivity index (χ1n) is 11.7. The molecule has 0 aliphatic carbocycles. The van der Waals surface area contributed by atoms with E-state index in [1.807, 2.05) is 32.2 Å². The van der Waals surface area contributed by atoms with E-state index >= 15 is 0 Å². The highest BCUT2D eigenvalue weighted by atomic mass is 19.1. The molecule has 0 saturated heterocycles. The Balaban J connectivity index is 1.62. The van der Waals surface area contributed by atoms with Crippen LogP contribution in [0.5, 0.6) is 0 Å². The molecule has 1 N–H and O–H groups in total. The smallest absolute Gasteiger partial charge is 0.290 e. The maximum Gasteiger partial charge on any atom is 0.290 e. The van der Waals surface area contributed by atoms with Gasteiger partial charge in [-0.15, -0.1) is 0 Å². The van der Waals surface area contributed by atoms with Crippen molar-refractivity contribution in [2.75, 3.05) is 5.32 Å². The molecule has 0 unspecified atom stereocenters. The zero-order valence-corrected chi connectivity index (χ0v) is 21.4. The second-order valence-corrected chi connectivity index (χ2v) is 10.0. The first-order chi connectivity index (χ1) is 16.9. The van der Waals surface area contributed by atoms with Gasteiger partial charge in [-0.2, -0.15) is 10.2 Å². The average Bonchev–Trinajstić information content (AvgIpc) is 3.14. The monoisotopic (exact) mass is 487 g/mol. The van der Waals surface area contributed by atoms with Gasteiger partial charge in [0.15, 0.2) is 11.6 Å². The van der Waals surface area contributed by atoms with Crippen molar-refractivity contribution in [3.8, 4) is 11.3 Å². The number of Topliss-reactive ketones (excluding diaryl/α,β-unsaturated/α-hetero) is 1. The van der Waals surface area contributed by atoms with Crippen molar-refractivity contribution >= 4 is 17.3 Å². The Labute approximate surface area is 209 Å². The van der Waals surface area contributed by atoms with Gasteiger partial charge in [0.1, 0.15) is 11.5 Å². The number of aryl methyl sites for hydroxylation is 3. The highest BCUT2D eigenvalue weighted by molar-refractivity contribution is 5.97. The van der Waals surface area contributed by atoms with E-state index in [1.54, 1.807) is 42.1 Å². The van der Waals surface area contributed by atoms with Gasteiger partial charge < -0.3 is 5.32 Å². The molecule has 8 heteroatoms. The number of anilines is 2. The van der Waals surface area contributed by atoms with Gasteiger partial charge in [-0.05, 0) is 47.7 Å². The minimum atomic E-state index is -0.467. The van der Waals surface area contributed by atoms with Crippen LogP contribution in [0.2, 0.25) is 0 Å². The molecule has 0 radical (unpaired) electrons. The van der Waals surface area contributed by atoms with Crippen molar-refractivity contribution in [3.63, 3.8) is 0 Å². The molecule has 0 spiro atoms. The Morgan fingerprint density at radius 2 is 1.67 bits per heavy atom. The summed E-state index contributed by atoms with van der Waals surface area (Å²) in [6, 6.07) is 15.4. The minimum Gasteiger partial charge on any atom is -0.334 e. The van der Waals surface area contributed by atoms with Gasteiger partial charge in [0, 0.05) is 43.4 Å². The number of aromatic nitrogens is 4. The van der Waals surface area contributed by atoms with Crippen LogP contribution in [0, 0.1) is 12.7 Å². The molecule has 2 aromatic heterocycles. The first-order valence-corrected chi connectivity index (χ1v) is 11.7. The van der Waals surface area contributed by atoms with Gasteiger partial charge in [-0.25, -0.2) is 9.07 Å². The summed E-state index contributed by atoms with van der Waals surface area (Å²) in [7, 11) is 3.37. The van der Waals surface area contributed by atoms with Crippen molar-refractivity contribution in [2.45, 2.75) is 39.5 Å². The predicted molar refractivity (Wildman–Crippen MR) is 139 cm³/mol. The van der Waals surface area contributed by atoms with Gasteiger partial charge in [0.2, 0.25) is 0 Å². The third-order valence-electron chi connectivity index (χ3n) is 6.21. The van der Waals surface area contributed by atoms with Crippen molar-refractivity contribution in [1.29, 1.82) is 0 Å². The number of halogens is 1. The Bertz CT molecular complexity index is 1470. The van der Waals surface area contributed by atoms with E-state index in [4.69, 9.17) is 0 Å². The molecule has 0 aliphatic heterocycles. The Hall–Kier alpha value is -4.07. The van der Waals surface area contributed by atoms with Gasteiger partial charge in [-0.1, -0.05) is 45.0 Å². The summed E-state index contributed by atoms with van der Waals surface area (Å²) in [4.78, 5) is 25.6. The Morgan fingerprint density at radius 1 is 0.972 bits per heavy atom. The number of ketones is 1. The molecule has 2 aromatic carbocycles. The summed E-state index contributed by atoms with van der Waals surface area (Å²) >= 11 is 0. The van der Waals surface area contributed by atoms with E-state index in [-0.39, 0.29) is 28.7 Å². The lowest BCUT2D eigenvalue weighted by Gasteiger charge is -2.19. The van der Waals surface area contributed by atoms with Gasteiger partial charge in [-0.3, -0.25) is 14.3 Å². The summed E-state index contributed by atoms with van der Waals surface area (Å²) in [5.74, 6) is -0.106. The van der Waals surface area contributed by atoms with Crippen molar-refractivity contribution < 1.29 is 9.18 Å². The molecule has 186 valence electrons. The summed E-state index contributed by atoms with van der Waals surface area (Å²) in [6.07, 6.45) is -0.0847. The topological polar surface area (TPSA) is 81.8 Å². The third kappa shape index (κ3) is 5.27. The van der Waals surface area contributed by atoms with Crippen molar-refractivity contribution in [2.24, 2.45) is 14.1 Å². The van der Waals surface area contributed by atoms with E-state index in [9.17, 15) is 14.0 Å². The molecule has 0 fully saturated rings. The van der Waals surface area contributed by atoms with Gasteiger partial charge in [0.05, 0.1) is 5.69 Å². The Kier molecular flexibility index (Phi) is 6.63. The SMILES string of the molecule is Cc1cc(Nc2cc(-c3ccc(F)c(CC(=O)c4ccc(C(C)(C)C)cc4)c3)nn(C)c2=O)nn1C. The molecular formula is C28H30FN5O2. The van der Waals surface area contributed by atoms with Crippen LogP contribution in [-0.4, -0.2) is 25.3 Å². The van der Waals surface area contributed by atoms with Gasteiger partial charge in [0.25, 0.3) is 5.56 Å². The lowest BCUT2D eigenvalue weighted by Crippen LogP contribution is -2.22. The molecule has 4 rings (SSSR count). The fourth-order valence-corrected chi connectivity index (χ4v) is 3.90. The summed E-state index contributed by atoms with van der Waals surface area (Å²) < 4.78 is 17.6. The summed E-state index contributed by atoms with van der Waals surface area (Å²) in [6.45, 7) is 8.23. The molecule has 0 bridgehead atoms. The largest absolute Gasteiger partial charge is 0.334 e. The van der Waals surface area contributed by atoms with Crippen LogP contribution in [-0.2, 0) is 25.9 Å². The molecule has 0 amide bonds. The number of nitrogens with zero attached hydrogens (tertiary/aromatic N) is 4. The summed E-state index contributed by atoms with van der Waals surface area (Å²) in [5.41, 5.74) is 3.87. The van der Waals surface area contributed by atoms with Crippen LogP contribution < -0.4 is 10.9 Å². The molecule has 0 aliphatic rings. The Morgan fingerprint density at radius 3 is 2.28 bits per heavy atom. The quantitative estimate of drug-likeness (QED) is 0.383. The molecule has 2 heterocycles. The van der Waals surface area contributed by atoms with Crippen LogP contribution in [0.3, 0.4) is 0 Å². The van der Waals surface area contributed by atoms with Crippen molar-refractivity contribution in [1.82, 2.24) is 19.6 Å². The highest BCUT2D eigenvalue weighted by Gasteiger charge is 2.17. The van der Waals surface area contributed by atoms with E-state index in [1.165, 1.54) is 10.7 Å². The molecule has 4 aromatic rings. The summed E-state index contributed by atoms with van der Waals surface area (Å²) in [5, 5.41) is 11.7. The minimum absolute atomic E-state index is 0.0199. The number of carbonyl (C=O) groups is 1. The number of benzene rings is 2. The number of hydrogen-bond donors (Lipinski definition) is 1. The van der Waals surface area contributed by atoms with Gasteiger partial charge >= 0.3 is 0 Å². The van der Waals surface area contributed by atoms with E-state index in [2.05, 4.69) is 36.3 Å². The molecular weight excluding hydrogens is 457 g/mol. The molecule has 0 saturated carbocycles. The first kappa shape index (κ1) is 25.0. The van der Waals surface area contributed by atoms with E-state index in [0.717, 1.165) is 11.3 Å². The average molecular weight is 488 g/mol. The zero-order valence-electron chi connectivity index (χ0n) is 21.4. The standard InChI is InChI=1S/C28H30FN5O2/c1-17-13-26(32-33(17)5)30-24-16-23(31-34(6)27(24)36)19-9-12-22(29)20(14-19)15-25(35)18-7-10-21(11-8-18)28(2,3)4/h7-14,16H,15H2,1-6H3,(H,30,32). The lowest BCUT2D eigenvalue weighted by molar-refractivity contribution is 0.0991.